The zero-order valence-electron chi connectivity index (χ0n) is 15.6. The average molecular weight is 402 g/mol. The van der Waals surface area contributed by atoms with E-state index in [-0.39, 0.29) is 17.7 Å². The van der Waals surface area contributed by atoms with Crippen molar-refractivity contribution >= 4 is 29.3 Å². The lowest BCUT2D eigenvalue weighted by Gasteiger charge is -2.31. The van der Waals surface area contributed by atoms with Gasteiger partial charge in [-0.15, -0.1) is 11.8 Å². The van der Waals surface area contributed by atoms with Crippen LogP contribution < -0.4 is 14.8 Å². The fraction of sp³-hybridized carbons (Fsp3) is 0.400. The molecule has 4 rings (SSSR count). The molecule has 2 amide bonds. The molecule has 2 aliphatic rings. The molecule has 0 unspecified atom stereocenters. The van der Waals surface area contributed by atoms with Gasteiger partial charge in [-0.1, -0.05) is 0 Å². The first-order chi connectivity index (χ1) is 13.7. The van der Waals surface area contributed by atoms with Crippen LogP contribution in [0.2, 0.25) is 0 Å². The van der Waals surface area contributed by atoms with Gasteiger partial charge in [0, 0.05) is 30.0 Å². The normalized spacial score (nSPS) is 16.7. The van der Waals surface area contributed by atoms with Crippen molar-refractivity contribution in [1.82, 2.24) is 4.90 Å². The number of anilines is 1. The predicted octanol–water partition coefficient (Wildman–Crippen LogP) is 3.26. The first-order valence-electron chi connectivity index (χ1n) is 9.25. The number of nitrogens with zero attached hydrogens (tertiary/aromatic N) is 1. The number of piperidine rings is 1. The molecule has 1 fully saturated rings. The molecule has 7 nitrogen and oxygen atoms in total. The molecule has 0 spiro atoms. The highest BCUT2D eigenvalue weighted by Crippen LogP contribution is 2.39. The second-order valence-electron chi connectivity index (χ2n) is 6.76. The van der Waals surface area contributed by atoms with Gasteiger partial charge < -0.3 is 24.1 Å². The van der Waals surface area contributed by atoms with E-state index in [1.54, 1.807) is 22.7 Å². The highest BCUT2D eigenvalue weighted by molar-refractivity contribution is 7.98. The van der Waals surface area contributed by atoms with Gasteiger partial charge in [0.1, 0.15) is 19.5 Å². The van der Waals surface area contributed by atoms with Crippen molar-refractivity contribution in [2.24, 2.45) is 5.92 Å². The lowest BCUT2D eigenvalue weighted by molar-refractivity contribution is -0.121. The van der Waals surface area contributed by atoms with Gasteiger partial charge in [-0.25, -0.2) is 0 Å². The smallest absolute Gasteiger partial charge is 0.257 e. The number of fused-ring (bicyclic) bond motifs is 1. The maximum absolute atomic E-state index is 12.8. The number of hydrogen-bond donors (Lipinski definition) is 1. The van der Waals surface area contributed by atoms with E-state index < -0.39 is 0 Å². The number of rotatable bonds is 4. The van der Waals surface area contributed by atoms with Crippen LogP contribution in [0.1, 0.15) is 23.2 Å². The summed E-state index contributed by atoms with van der Waals surface area (Å²) in [6.45, 7) is 2.14. The van der Waals surface area contributed by atoms with Gasteiger partial charge in [0.2, 0.25) is 5.91 Å². The molecule has 0 radical (unpaired) electrons. The minimum atomic E-state index is -0.128. The van der Waals surface area contributed by atoms with E-state index in [2.05, 4.69) is 5.32 Å². The van der Waals surface area contributed by atoms with Gasteiger partial charge in [0.15, 0.2) is 11.5 Å². The van der Waals surface area contributed by atoms with Crippen LogP contribution in [-0.4, -0.2) is 49.3 Å². The highest BCUT2D eigenvalue weighted by atomic mass is 32.2. The topological polar surface area (TPSA) is 81.0 Å². The van der Waals surface area contributed by atoms with E-state index >= 15 is 0 Å². The highest BCUT2D eigenvalue weighted by Gasteiger charge is 2.29. The Balaban J connectivity index is 1.39. The summed E-state index contributed by atoms with van der Waals surface area (Å²) in [5, 5.41) is 3.04. The number of hydrogen-bond acceptors (Lipinski definition) is 6. The molecular formula is C20H22N2O5S. The molecule has 3 heterocycles. The molecule has 0 bridgehead atoms. The molecule has 8 heteroatoms. The third kappa shape index (κ3) is 3.82. The van der Waals surface area contributed by atoms with Crippen molar-refractivity contribution < 1.29 is 23.5 Å². The number of carbonyl (C=O) groups is 2. The van der Waals surface area contributed by atoms with Crippen molar-refractivity contribution in [1.29, 1.82) is 0 Å². The second kappa shape index (κ2) is 8.18. The summed E-state index contributed by atoms with van der Waals surface area (Å²) in [5.41, 5.74) is 1.28. The summed E-state index contributed by atoms with van der Waals surface area (Å²) in [4.78, 5) is 27.9. The number of benzene rings is 1. The van der Waals surface area contributed by atoms with Crippen LogP contribution in [0.4, 0.5) is 5.69 Å². The molecule has 28 heavy (non-hydrogen) atoms. The quantitative estimate of drug-likeness (QED) is 0.791. The zero-order valence-corrected chi connectivity index (χ0v) is 16.4. The summed E-state index contributed by atoms with van der Waals surface area (Å²) in [5.74, 6) is 1.15. The van der Waals surface area contributed by atoms with E-state index in [4.69, 9.17) is 13.9 Å². The van der Waals surface area contributed by atoms with E-state index in [0.29, 0.717) is 56.2 Å². The number of likely N-dealkylation sites (tertiary alicyclic amines) is 1. The van der Waals surface area contributed by atoms with E-state index in [9.17, 15) is 9.59 Å². The fourth-order valence-electron chi connectivity index (χ4n) is 3.48. The first-order valence-corrected chi connectivity index (χ1v) is 10.5. The minimum Gasteiger partial charge on any atom is -0.486 e. The molecule has 0 aliphatic carbocycles. The van der Waals surface area contributed by atoms with Crippen LogP contribution in [0.15, 0.2) is 40.0 Å². The maximum atomic E-state index is 12.8. The number of amides is 2. The largest absolute Gasteiger partial charge is 0.486 e. The molecule has 1 saturated heterocycles. The van der Waals surface area contributed by atoms with Crippen molar-refractivity contribution in [2.75, 3.05) is 37.9 Å². The lowest BCUT2D eigenvalue weighted by atomic mass is 9.95. The SMILES string of the molecule is CSc1cc2c(cc1NC(=O)C1CCN(C(=O)c3ccoc3)CC1)OCCO2. The summed E-state index contributed by atoms with van der Waals surface area (Å²) >= 11 is 1.55. The fourth-order valence-corrected chi connectivity index (χ4v) is 4.04. The minimum absolute atomic E-state index is 0.0256. The van der Waals surface area contributed by atoms with Crippen LogP contribution in [0, 0.1) is 5.92 Å². The van der Waals surface area contributed by atoms with Gasteiger partial charge >= 0.3 is 0 Å². The number of thioether (sulfide) groups is 1. The summed E-state index contributed by atoms with van der Waals surface area (Å²) in [6, 6.07) is 5.39. The number of furan rings is 1. The summed E-state index contributed by atoms with van der Waals surface area (Å²) < 4.78 is 16.2. The van der Waals surface area contributed by atoms with Crippen molar-refractivity contribution in [3.05, 3.63) is 36.3 Å². The number of nitrogens with one attached hydrogen (secondary N) is 1. The Morgan fingerprint density at radius 3 is 2.50 bits per heavy atom. The van der Waals surface area contributed by atoms with Crippen LogP contribution in [0.5, 0.6) is 11.5 Å². The third-order valence-electron chi connectivity index (χ3n) is 5.04. The predicted molar refractivity (Wildman–Crippen MR) is 105 cm³/mol. The number of carbonyl (C=O) groups excluding carboxylic acids is 2. The number of ether oxygens (including phenoxy) is 2. The van der Waals surface area contributed by atoms with Gasteiger partial charge in [0.05, 0.1) is 17.5 Å². The molecule has 2 aromatic rings. The van der Waals surface area contributed by atoms with Crippen LogP contribution in [0.25, 0.3) is 0 Å². The van der Waals surface area contributed by atoms with Gasteiger partial charge in [-0.3, -0.25) is 9.59 Å². The summed E-state index contributed by atoms with van der Waals surface area (Å²) in [6.07, 6.45) is 6.17. The average Bonchev–Trinajstić information content (AvgIpc) is 3.27. The van der Waals surface area contributed by atoms with E-state index in [0.717, 1.165) is 10.6 Å². The monoisotopic (exact) mass is 402 g/mol. The Kier molecular flexibility index (Phi) is 5.47. The van der Waals surface area contributed by atoms with E-state index in [1.807, 2.05) is 18.4 Å². The second-order valence-corrected chi connectivity index (χ2v) is 7.61. The van der Waals surface area contributed by atoms with Crippen LogP contribution >= 0.6 is 11.8 Å². The summed E-state index contributed by atoms with van der Waals surface area (Å²) in [7, 11) is 0. The molecular weight excluding hydrogens is 380 g/mol. The van der Waals surface area contributed by atoms with Crippen molar-refractivity contribution in [3.63, 3.8) is 0 Å². The Hall–Kier alpha value is -2.61. The Morgan fingerprint density at radius 2 is 1.86 bits per heavy atom. The molecule has 1 aromatic heterocycles. The maximum Gasteiger partial charge on any atom is 0.257 e. The first kappa shape index (κ1) is 18.7. The molecule has 0 saturated carbocycles. The Morgan fingerprint density at radius 1 is 1.14 bits per heavy atom. The molecule has 148 valence electrons. The molecule has 0 atom stereocenters. The Bertz CT molecular complexity index is 860. The standard InChI is InChI=1S/C20H22N2O5S/c1-28-18-11-17-16(26-8-9-27-17)10-15(18)21-19(23)13-2-5-22(6-3-13)20(24)14-4-7-25-12-14/h4,7,10-13H,2-3,5-6,8-9H2,1H3,(H,21,23). The third-order valence-corrected chi connectivity index (χ3v) is 5.82. The van der Waals surface area contributed by atoms with E-state index in [1.165, 1.54) is 12.5 Å². The van der Waals surface area contributed by atoms with Gasteiger partial charge in [-0.2, -0.15) is 0 Å². The molecule has 2 aliphatic heterocycles. The van der Waals surface area contributed by atoms with Crippen LogP contribution in [0.3, 0.4) is 0 Å². The molecule has 1 aromatic carbocycles. The van der Waals surface area contributed by atoms with Crippen molar-refractivity contribution in [2.45, 2.75) is 17.7 Å². The zero-order chi connectivity index (χ0) is 19.5. The van der Waals surface area contributed by atoms with Crippen LogP contribution in [-0.2, 0) is 4.79 Å². The van der Waals surface area contributed by atoms with Crippen molar-refractivity contribution in [3.8, 4) is 11.5 Å². The van der Waals surface area contributed by atoms with Gasteiger partial charge in [-0.05, 0) is 31.2 Å². The lowest BCUT2D eigenvalue weighted by Crippen LogP contribution is -2.41. The Labute approximate surface area is 167 Å². The molecule has 1 N–H and O–H groups in total. The van der Waals surface area contributed by atoms with Gasteiger partial charge in [0.25, 0.3) is 5.91 Å².